The molecule has 1 fully saturated rings. The van der Waals surface area contributed by atoms with Gasteiger partial charge in [0.15, 0.2) is 0 Å². The van der Waals surface area contributed by atoms with Crippen molar-refractivity contribution in [3.8, 4) is 0 Å². The first-order chi connectivity index (χ1) is 7.83. The summed E-state index contributed by atoms with van der Waals surface area (Å²) in [6.07, 6.45) is 7.57. The summed E-state index contributed by atoms with van der Waals surface area (Å²) in [4.78, 5) is 2.73. The van der Waals surface area contributed by atoms with Crippen molar-refractivity contribution in [3.63, 3.8) is 0 Å². The number of nitrogens with one attached hydrogen (secondary N) is 1. The molecule has 0 aromatic heterocycles. The van der Waals surface area contributed by atoms with Crippen LogP contribution in [0.3, 0.4) is 0 Å². The number of rotatable bonds is 8. The van der Waals surface area contributed by atoms with E-state index in [9.17, 15) is 0 Å². The maximum absolute atomic E-state index is 3.54. The first-order valence-corrected chi connectivity index (χ1v) is 8.09. The van der Waals surface area contributed by atoms with Crippen molar-refractivity contribution in [3.05, 3.63) is 0 Å². The van der Waals surface area contributed by atoms with Gasteiger partial charge in [-0.15, -0.1) is 0 Å². The normalized spacial score (nSPS) is 25.5. The van der Waals surface area contributed by atoms with E-state index in [1.54, 1.807) is 0 Å². The van der Waals surface area contributed by atoms with E-state index in [-0.39, 0.29) is 0 Å². The molecule has 0 saturated carbocycles. The molecule has 0 radical (unpaired) electrons. The number of nitrogens with zero attached hydrogens (tertiary/aromatic N) is 1. The van der Waals surface area contributed by atoms with Gasteiger partial charge in [0.1, 0.15) is 0 Å². The minimum Gasteiger partial charge on any atom is -0.314 e. The minimum absolute atomic E-state index is 0.771. The van der Waals surface area contributed by atoms with Gasteiger partial charge in [-0.2, -0.15) is 11.8 Å². The molecule has 1 N–H and O–H groups in total. The van der Waals surface area contributed by atoms with E-state index in [1.165, 1.54) is 51.9 Å². The van der Waals surface area contributed by atoms with Gasteiger partial charge in [0.25, 0.3) is 0 Å². The average molecular weight is 244 g/mol. The largest absolute Gasteiger partial charge is 0.314 e. The molecule has 1 saturated heterocycles. The molecule has 3 heteroatoms. The quantitative estimate of drug-likeness (QED) is 0.706. The Morgan fingerprint density at radius 1 is 1.12 bits per heavy atom. The maximum Gasteiger partial charge on any atom is 0.0351 e. The molecular formula is C13H28N2S. The molecule has 2 atom stereocenters. The van der Waals surface area contributed by atoms with E-state index >= 15 is 0 Å². The van der Waals surface area contributed by atoms with Crippen LogP contribution >= 0.6 is 11.8 Å². The van der Waals surface area contributed by atoms with E-state index in [2.05, 4.69) is 30.3 Å². The molecule has 0 aromatic carbocycles. The second-order valence-corrected chi connectivity index (χ2v) is 5.82. The summed E-state index contributed by atoms with van der Waals surface area (Å²) in [5.41, 5.74) is 0. The van der Waals surface area contributed by atoms with Gasteiger partial charge in [0, 0.05) is 24.4 Å². The third-order valence-corrected chi connectivity index (χ3v) is 4.58. The molecule has 1 aliphatic rings. The van der Waals surface area contributed by atoms with Crippen molar-refractivity contribution >= 4 is 11.8 Å². The van der Waals surface area contributed by atoms with E-state index in [0.717, 1.165) is 11.3 Å². The highest BCUT2D eigenvalue weighted by Crippen LogP contribution is 2.21. The average Bonchev–Trinajstić information content (AvgIpc) is 2.77. The van der Waals surface area contributed by atoms with Gasteiger partial charge in [-0.05, 0) is 32.2 Å². The molecule has 1 heterocycles. The molecule has 0 aliphatic carbocycles. The van der Waals surface area contributed by atoms with Gasteiger partial charge in [-0.1, -0.05) is 26.7 Å². The SMILES string of the molecule is CCCCN(CCCC)C1CNCC1SC. The van der Waals surface area contributed by atoms with Gasteiger partial charge < -0.3 is 5.32 Å². The fourth-order valence-electron chi connectivity index (χ4n) is 2.41. The lowest BCUT2D eigenvalue weighted by molar-refractivity contribution is 0.205. The van der Waals surface area contributed by atoms with Crippen LogP contribution in [0.5, 0.6) is 0 Å². The predicted molar refractivity (Wildman–Crippen MR) is 75.3 cm³/mol. The lowest BCUT2D eigenvalue weighted by Gasteiger charge is -2.31. The van der Waals surface area contributed by atoms with Crippen molar-refractivity contribution < 1.29 is 0 Å². The van der Waals surface area contributed by atoms with Gasteiger partial charge >= 0.3 is 0 Å². The highest BCUT2D eigenvalue weighted by atomic mass is 32.2. The standard InChI is InChI=1S/C13H28N2S/c1-4-6-8-15(9-7-5-2)12-10-14-11-13(12)16-3/h12-14H,4-11H2,1-3H3. The van der Waals surface area contributed by atoms with Crippen LogP contribution in [0, 0.1) is 0 Å². The number of hydrogen-bond donors (Lipinski definition) is 1. The Balaban J connectivity index is 2.45. The summed E-state index contributed by atoms with van der Waals surface area (Å²) in [6, 6.07) is 0.771. The highest BCUT2D eigenvalue weighted by molar-refractivity contribution is 7.99. The molecule has 16 heavy (non-hydrogen) atoms. The number of thioether (sulfide) groups is 1. The Hall–Kier alpha value is 0.270. The zero-order chi connectivity index (χ0) is 11.8. The van der Waals surface area contributed by atoms with Crippen LogP contribution in [0.15, 0.2) is 0 Å². The summed E-state index contributed by atoms with van der Waals surface area (Å²) in [7, 11) is 0. The summed E-state index contributed by atoms with van der Waals surface area (Å²) >= 11 is 2.03. The molecule has 0 amide bonds. The smallest absolute Gasteiger partial charge is 0.0351 e. The van der Waals surface area contributed by atoms with Crippen LogP contribution in [0.1, 0.15) is 39.5 Å². The maximum atomic E-state index is 3.54. The third-order valence-electron chi connectivity index (χ3n) is 3.50. The van der Waals surface area contributed by atoms with Crippen LogP contribution in [0.4, 0.5) is 0 Å². The van der Waals surface area contributed by atoms with Crippen LogP contribution < -0.4 is 5.32 Å². The second-order valence-electron chi connectivity index (χ2n) is 4.74. The Kier molecular flexibility index (Phi) is 7.50. The molecule has 96 valence electrons. The topological polar surface area (TPSA) is 15.3 Å². The monoisotopic (exact) mass is 244 g/mol. The Morgan fingerprint density at radius 2 is 1.75 bits per heavy atom. The van der Waals surface area contributed by atoms with Gasteiger partial charge in [-0.25, -0.2) is 0 Å². The van der Waals surface area contributed by atoms with Crippen LogP contribution in [0.2, 0.25) is 0 Å². The highest BCUT2D eigenvalue weighted by Gasteiger charge is 2.30. The van der Waals surface area contributed by atoms with Gasteiger partial charge in [0.05, 0.1) is 0 Å². The van der Waals surface area contributed by atoms with Crippen LogP contribution in [0.25, 0.3) is 0 Å². The second kappa shape index (κ2) is 8.37. The summed E-state index contributed by atoms with van der Waals surface area (Å²) < 4.78 is 0. The van der Waals surface area contributed by atoms with Crippen molar-refractivity contribution in [2.24, 2.45) is 0 Å². The van der Waals surface area contributed by atoms with Gasteiger partial charge in [0.2, 0.25) is 0 Å². The predicted octanol–water partition coefficient (Wildman–Crippen LogP) is 2.59. The Morgan fingerprint density at radius 3 is 2.25 bits per heavy atom. The zero-order valence-electron chi connectivity index (χ0n) is 11.2. The van der Waals surface area contributed by atoms with E-state index in [1.807, 2.05) is 11.8 Å². The van der Waals surface area contributed by atoms with Crippen molar-refractivity contribution in [2.75, 3.05) is 32.4 Å². The van der Waals surface area contributed by atoms with Crippen molar-refractivity contribution in [2.45, 2.75) is 50.8 Å². The molecule has 0 bridgehead atoms. The van der Waals surface area contributed by atoms with E-state index in [0.29, 0.717) is 0 Å². The minimum atomic E-state index is 0.771. The Labute approximate surface area is 106 Å². The molecule has 2 nitrogen and oxygen atoms in total. The molecule has 0 aromatic rings. The Bertz CT molecular complexity index is 167. The van der Waals surface area contributed by atoms with Crippen LogP contribution in [-0.4, -0.2) is 48.6 Å². The van der Waals surface area contributed by atoms with E-state index < -0.39 is 0 Å². The summed E-state index contributed by atoms with van der Waals surface area (Å²) in [5, 5.41) is 4.34. The molecule has 0 spiro atoms. The first kappa shape index (κ1) is 14.3. The fraction of sp³-hybridized carbons (Fsp3) is 1.00. The molecule has 2 unspecified atom stereocenters. The van der Waals surface area contributed by atoms with Gasteiger partial charge in [-0.3, -0.25) is 4.90 Å². The number of hydrogen-bond acceptors (Lipinski definition) is 3. The lowest BCUT2D eigenvalue weighted by atomic mass is 10.1. The zero-order valence-corrected chi connectivity index (χ0v) is 12.0. The lowest BCUT2D eigenvalue weighted by Crippen LogP contribution is -2.43. The van der Waals surface area contributed by atoms with Crippen LogP contribution in [-0.2, 0) is 0 Å². The third kappa shape index (κ3) is 4.27. The fourth-order valence-corrected chi connectivity index (χ4v) is 3.28. The van der Waals surface area contributed by atoms with Crippen molar-refractivity contribution in [1.29, 1.82) is 0 Å². The molecular weight excluding hydrogens is 216 g/mol. The van der Waals surface area contributed by atoms with E-state index in [4.69, 9.17) is 0 Å². The molecule has 1 rings (SSSR count). The number of unbranched alkanes of at least 4 members (excludes halogenated alkanes) is 2. The summed E-state index contributed by atoms with van der Waals surface area (Å²) in [6.45, 7) is 9.55. The van der Waals surface area contributed by atoms with Crippen molar-refractivity contribution in [1.82, 2.24) is 10.2 Å². The first-order valence-electron chi connectivity index (χ1n) is 6.81. The molecule has 1 aliphatic heterocycles. The summed E-state index contributed by atoms with van der Waals surface area (Å²) in [5.74, 6) is 0.